The Morgan fingerprint density at radius 1 is 1.15 bits per heavy atom. The summed E-state index contributed by atoms with van der Waals surface area (Å²) in [6.07, 6.45) is 0.680. The maximum absolute atomic E-state index is 12.1. The summed E-state index contributed by atoms with van der Waals surface area (Å²) < 4.78 is 12.1. The van der Waals surface area contributed by atoms with Crippen molar-refractivity contribution in [2.45, 2.75) is 26.8 Å². The quantitative estimate of drug-likeness (QED) is 0.740. The summed E-state index contributed by atoms with van der Waals surface area (Å²) in [7, 11) is 4.38. The van der Waals surface area contributed by atoms with Crippen LogP contribution in [0.5, 0.6) is 0 Å². The first kappa shape index (κ1) is 18.7. The van der Waals surface area contributed by atoms with E-state index in [1.807, 2.05) is 13.8 Å². The van der Waals surface area contributed by atoms with Gasteiger partial charge in [-0.1, -0.05) is 13.8 Å². The van der Waals surface area contributed by atoms with Crippen LogP contribution in [0.4, 0.5) is 4.39 Å². The molecule has 0 amide bonds. The van der Waals surface area contributed by atoms with Crippen LogP contribution in [0.3, 0.4) is 0 Å². The third-order valence-electron chi connectivity index (χ3n) is 3.17. The van der Waals surface area contributed by atoms with Crippen LogP contribution in [0, 0.1) is 5.82 Å². The Labute approximate surface area is 122 Å². The standard InChI is InChI=1S/C7H5FO.C7H16N2.C2H6/c8-7-3-1-6(5-9)2-4-7;1-7-6-8(2)4-5-9(7)3;1-2/h1-5H;7H,4-6H2,1-3H3;1-2H3. The second-order valence-corrected chi connectivity index (χ2v) is 4.76. The minimum atomic E-state index is -0.319. The lowest BCUT2D eigenvalue weighted by Crippen LogP contribution is -2.48. The van der Waals surface area contributed by atoms with Crippen LogP contribution in [0.2, 0.25) is 0 Å². The van der Waals surface area contributed by atoms with Crippen molar-refractivity contribution in [3.05, 3.63) is 35.6 Å². The Morgan fingerprint density at radius 3 is 2.10 bits per heavy atom. The molecule has 1 heterocycles. The van der Waals surface area contributed by atoms with Gasteiger partial charge in [-0.3, -0.25) is 4.79 Å². The molecule has 1 aromatic rings. The lowest BCUT2D eigenvalue weighted by molar-refractivity contribution is 0.112. The van der Waals surface area contributed by atoms with Crippen molar-refractivity contribution in [3.63, 3.8) is 0 Å². The molecular formula is C16H27FN2O. The normalized spacial score (nSPS) is 19.2. The fraction of sp³-hybridized carbons (Fsp3) is 0.562. The minimum Gasteiger partial charge on any atom is -0.304 e. The highest BCUT2D eigenvalue weighted by molar-refractivity contribution is 5.74. The largest absolute Gasteiger partial charge is 0.304 e. The van der Waals surface area contributed by atoms with Crippen LogP contribution in [0.1, 0.15) is 31.1 Å². The van der Waals surface area contributed by atoms with Crippen molar-refractivity contribution in [3.8, 4) is 0 Å². The number of piperazine rings is 1. The topological polar surface area (TPSA) is 23.6 Å². The molecule has 0 aromatic heterocycles. The molecule has 3 nitrogen and oxygen atoms in total. The molecule has 1 atom stereocenters. The van der Waals surface area contributed by atoms with Crippen LogP contribution in [0.15, 0.2) is 24.3 Å². The van der Waals surface area contributed by atoms with Gasteiger partial charge in [-0.15, -0.1) is 0 Å². The zero-order valence-corrected chi connectivity index (χ0v) is 13.3. The summed E-state index contributed by atoms with van der Waals surface area (Å²) in [5.74, 6) is -0.319. The predicted molar refractivity (Wildman–Crippen MR) is 82.7 cm³/mol. The number of rotatable bonds is 1. The Bertz CT molecular complexity index is 367. The average molecular weight is 282 g/mol. The fourth-order valence-corrected chi connectivity index (χ4v) is 1.77. The van der Waals surface area contributed by atoms with Gasteiger partial charge < -0.3 is 9.80 Å². The molecule has 1 aliphatic heterocycles. The summed E-state index contributed by atoms with van der Waals surface area (Å²) >= 11 is 0. The zero-order valence-electron chi connectivity index (χ0n) is 13.3. The van der Waals surface area contributed by atoms with Gasteiger partial charge in [-0.05, 0) is 45.3 Å². The number of aldehydes is 1. The van der Waals surface area contributed by atoms with E-state index in [4.69, 9.17) is 0 Å². The molecule has 1 saturated heterocycles. The molecule has 1 aliphatic rings. The molecule has 0 N–H and O–H groups in total. The first-order valence-corrected chi connectivity index (χ1v) is 7.12. The van der Waals surface area contributed by atoms with Crippen LogP contribution in [-0.4, -0.2) is 55.9 Å². The molecule has 1 aromatic carbocycles. The monoisotopic (exact) mass is 282 g/mol. The lowest BCUT2D eigenvalue weighted by atomic mass is 10.2. The summed E-state index contributed by atoms with van der Waals surface area (Å²) in [5.41, 5.74) is 0.497. The molecule has 0 saturated carbocycles. The van der Waals surface area contributed by atoms with Crippen LogP contribution in [0.25, 0.3) is 0 Å². The number of carbonyl (C=O) groups is 1. The molecule has 1 unspecified atom stereocenters. The van der Waals surface area contributed by atoms with E-state index in [9.17, 15) is 9.18 Å². The maximum atomic E-state index is 12.1. The number of carbonyl (C=O) groups excluding carboxylic acids is 1. The van der Waals surface area contributed by atoms with Gasteiger partial charge in [0.15, 0.2) is 0 Å². The SMILES string of the molecule is CC.CC1CN(C)CCN1C.O=Cc1ccc(F)cc1. The molecule has 114 valence electrons. The van der Waals surface area contributed by atoms with E-state index in [1.165, 1.54) is 43.9 Å². The number of halogens is 1. The van der Waals surface area contributed by atoms with Crippen molar-refractivity contribution in [2.24, 2.45) is 0 Å². The Kier molecular flexibility index (Phi) is 9.86. The highest BCUT2D eigenvalue weighted by Crippen LogP contribution is 2.03. The average Bonchev–Trinajstić information content (AvgIpc) is 2.47. The minimum absolute atomic E-state index is 0.319. The first-order valence-electron chi connectivity index (χ1n) is 7.12. The third kappa shape index (κ3) is 7.36. The summed E-state index contributed by atoms with van der Waals surface area (Å²) in [4.78, 5) is 14.8. The van der Waals surface area contributed by atoms with E-state index < -0.39 is 0 Å². The number of likely N-dealkylation sites (N-methyl/N-ethyl adjacent to an activating group) is 2. The van der Waals surface area contributed by atoms with Crippen molar-refractivity contribution in [2.75, 3.05) is 33.7 Å². The smallest absolute Gasteiger partial charge is 0.150 e. The second-order valence-electron chi connectivity index (χ2n) is 4.76. The molecule has 20 heavy (non-hydrogen) atoms. The molecule has 0 aliphatic carbocycles. The van der Waals surface area contributed by atoms with E-state index in [0.717, 1.165) is 6.04 Å². The summed E-state index contributed by atoms with van der Waals surface area (Å²) in [5, 5.41) is 0. The highest BCUT2D eigenvalue weighted by Gasteiger charge is 2.16. The molecule has 4 heteroatoms. The predicted octanol–water partition coefficient (Wildman–Crippen LogP) is 2.92. The fourth-order valence-electron chi connectivity index (χ4n) is 1.77. The van der Waals surface area contributed by atoms with E-state index in [1.54, 1.807) is 0 Å². The summed E-state index contributed by atoms with van der Waals surface area (Å²) in [6, 6.07) is 6.11. The second kappa shape index (κ2) is 10.5. The number of nitrogens with zero attached hydrogens (tertiary/aromatic N) is 2. The first-order chi connectivity index (χ1) is 9.52. The van der Waals surface area contributed by atoms with E-state index in [0.29, 0.717) is 11.8 Å². The molecule has 1 fully saturated rings. The van der Waals surface area contributed by atoms with Crippen LogP contribution >= 0.6 is 0 Å². The van der Waals surface area contributed by atoms with E-state index in [-0.39, 0.29) is 5.82 Å². The van der Waals surface area contributed by atoms with Crippen molar-refractivity contribution in [1.29, 1.82) is 0 Å². The van der Waals surface area contributed by atoms with Gasteiger partial charge in [0.2, 0.25) is 0 Å². The van der Waals surface area contributed by atoms with Crippen LogP contribution < -0.4 is 0 Å². The number of benzene rings is 1. The molecular weight excluding hydrogens is 255 g/mol. The van der Waals surface area contributed by atoms with Gasteiger partial charge in [-0.2, -0.15) is 0 Å². The maximum Gasteiger partial charge on any atom is 0.150 e. The lowest BCUT2D eigenvalue weighted by Gasteiger charge is -2.35. The molecule has 0 bridgehead atoms. The van der Waals surface area contributed by atoms with Gasteiger partial charge >= 0.3 is 0 Å². The van der Waals surface area contributed by atoms with E-state index in [2.05, 4.69) is 30.8 Å². The van der Waals surface area contributed by atoms with Crippen molar-refractivity contribution >= 4 is 6.29 Å². The number of hydrogen-bond acceptors (Lipinski definition) is 3. The van der Waals surface area contributed by atoms with Gasteiger partial charge in [0.05, 0.1) is 0 Å². The third-order valence-corrected chi connectivity index (χ3v) is 3.17. The Balaban J connectivity index is 0.000000321. The van der Waals surface area contributed by atoms with Gasteiger partial charge in [-0.25, -0.2) is 4.39 Å². The van der Waals surface area contributed by atoms with Gasteiger partial charge in [0.1, 0.15) is 12.1 Å². The van der Waals surface area contributed by atoms with E-state index >= 15 is 0 Å². The highest BCUT2D eigenvalue weighted by atomic mass is 19.1. The molecule has 2 rings (SSSR count). The Morgan fingerprint density at radius 2 is 1.70 bits per heavy atom. The van der Waals surface area contributed by atoms with Crippen LogP contribution in [-0.2, 0) is 0 Å². The number of hydrogen-bond donors (Lipinski definition) is 0. The van der Waals surface area contributed by atoms with Crippen molar-refractivity contribution < 1.29 is 9.18 Å². The van der Waals surface area contributed by atoms with Gasteiger partial charge in [0, 0.05) is 31.2 Å². The molecule has 0 radical (unpaired) electrons. The Hall–Kier alpha value is -1.26. The van der Waals surface area contributed by atoms with Gasteiger partial charge in [0.25, 0.3) is 0 Å². The summed E-state index contributed by atoms with van der Waals surface area (Å²) in [6.45, 7) is 9.94. The molecule has 0 spiro atoms. The van der Waals surface area contributed by atoms with Crippen molar-refractivity contribution in [1.82, 2.24) is 9.80 Å². The zero-order chi connectivity index (χ0) is 15.5.